The number of amides is 3. The highest BCUT2D eigenvalue weighted by Crippen LogP contribution is 2.44. The van der Waals surface area contributed by atoms with Crippen molar-refractivity contribution in [2.24, 2.45) is 5.92 Å². The average molecular weight is 539 g/mol. The van der Waals surface area contributed by atoms with Crippen molar-refractivity contribution in [1.82, 2.24) is 10.4 Å². The lowest BCUT2D eigenvalue weighted by atomic mass is 9.83. The fraction of sp³-hybridized carbons (Fsp3) is 0.312. The lowest BCUT2D eigenvalue weighted by molar-refractivity contribution is -0.169. The summed E-state index contributed by atoms with van der Waals surface area (Å²) in [5, 5.41) is 3.42. The van der Waals surface area contributed by atoms with E-state index in [1.165, 1.54) is 12.1 Å². The van der Waals surface area contributed by atoms with Crippen molar-refractivity contribution in [1.29, 1.82) is 0 Å². The summed E-state index contributed by atoms with van der Waals surface area (Å²) in [5.41, 5.74) is 4.91. The van der Waals surface area contributed by atoms with Gasteiger partial charge >= 0.3 is 12.1 Å². The molecule has 3 aromatic carbocycles. The van der Waals surface area contributed by atoms with Gasteiger partial charge in [0.1, 0.15) is 6.61 Å². The van der Waals surface area contributed by atoms with Crippen LogP contribution in [0.1, 0.15) is 76.3 Å². The molecule has 0 saturated heterocycles. The van der Waals surface area contributed by atoms with Gasteiger partial charge in [-0.15, -0.1) is 0 Å². The van der Waals surface area contributed by atoms with Gasteiger partial charge in [0.2, 0.25) is 0 Å². The van der Waals surface area contributed by atoms with Crippen molar-refractivity contribution in [3.63, 3.8) is 0 Å². The summed E-state index contributed by atoms with van der Waals surface area (Å²) in [5.74, 6) is -2.13. The molecule has 0 bridgehead atoms. The van der Waals surface area contributed by atoms with E-state index in [1.54, 1.807) is 12.1 Å². The molecule has 0 unspecified atom stereocenters. The van der Waals surface area contributed by atoms with Crippen molar-refractivity contribution in [3.8, 4) is 11.1 Å². The predicted molar refractivity (Wildman–Crippen MR) is 146 cm³/mol. The first-order valence-corrected chi connectivity index (χ1v) is 13.8. The summed E-state index contributed by atoms with van der Waals surface area (Å²) in [6, 6.07) is 22.0. The molecule has 8 nitrogen and oxygen atoms in total. The summed E-state index contributed by atoms with van der Waals surface area (Å²) < 4.78 is 5.73. The van der Waals surface area contributed by atoms with E-state index in [4.69, 9.17) is 9.57 Å². The molecule has 8 heteroatoms. The lowest BCUT2D eigenvalue weighted by Gasteiger charge is -2.30. The largest absolute Gasteiger partial charge is 0.449 e. The Balaban J connectivity index is 1.11. The van der Waals surface area contributed by atoms with Crippen LogP contribution in [0.3, 0.4) is 0 Å². The highest BCUT2D eigenvalue weighted by molar-refractivity contribution is 6.20. The molecule has 3 aromatic rings. The molecule has 0 radical (unpaired) electrons. The van der Waals surface area contributed by atoms with Crippen LogP contribution in [0.25, 0.3) is 11.1 Å². The Morgan fingerprint density at radius 2 is 1.30 bits per heavy atom. The zero-order chi connectivity index (χ0) is 27.6. The van der Waals surface area contributed by atoms with E-state index < -0.39 is 29.9 Å². The Hall–Kier alpha value is -4.46. The molecular weight excluding hydrogens is 508 g/mol. The lowest BCUT2D eigenvalue weighted by Crippen LogP contribution is -2.44. The summed E-state index contributed by atoms with van der Waals surface area (Å²) in [4.78, 5) is 56.5. The van der Waals surface area contributed by atoms with Crippen LogP contribution in [0.4, 0.5) is 4.79 Å². The maximum Gasteiger partial charge on any atom is 0.407 e. The fourth-order valence-electron chi connectivity index (χ4n) is 6.23. The molecule has 3 amide bonds. The molecule has 1 aliphatic heterocycles. The Morgan fingerprint density at radius 3 is 1.88 bits per heavy atom. The molecule has 3 aliphatic rings. The van der Waals surface area contributed by atoms with Gasteiger partial charge in [-0.1, -0.05) is 85.0 Å². The summed E-state index contributed by atoms with van der Waals surface area (Å²) in [6.45, 7) is 0.163. The number of benzene rings is 3. The number of nitrogens with one attached hydrogen (secondary N) is 1. The number of fused-ring (bicyclic) bond motifs is 4. The van der Waals surface area contributed by atoms with Crippen LogP contribution in [-0.2, 0) is 14.4 Å². The van der Waals surface area contributed by atoms with Gasteiger partial charge < -0.3 is 14.9 Å². The van der Waals surface area contributed by atoms with E-state index in [0.717, 1.165) is 54.4 Å². The third kappa shape index (κ3) is 4.85. The monoisotopic (exact) mass is 538 g/mol. The highest BCUT2D eigenvalue weighted by atomic mass is 16.7. The molecule has 1 atom stereocenters. The van der Waals surface area contributed by atoms with E-state index in [2.05, 4.69) is 29.6 Å². The van der Waals surface area contributed by atoms with Gasteiger partial charge in [0.05, 0.1) is 17.5 Å². The third-order valence-corrected chi connectivity index (χ3v) is 8.20. The normalized spacial score (nSPS) is 17.1. The minimum Gasteiger partial charge on any atom is -0.449 e. The summed E-state index contributed by atoms with van der Waals surface area (Å²) in [7, 11) is 0. The molecule has 40 heavy (non-hydrogen) atoms. The first kappa shape index (κ1) is 25.8. The van der Waals surface area contributed by atoms with E-state index in [1.807, 2.05) is 24.3 Å². The predicted octanol–water partition coefficient (Wildman–Crippen LogP) is 5.62. The molecule has 6 rings (SSSR count). The number of imide groups is 1. The second-order valence-electron chi connectivity index (χ2n) is 10.6. The second kappa shape index (κ2) is 11.0. The molecule has 1 fully saturated rings. The maximum absolute atomic E-state index is 13.1. The first-order valence-electron chi connectivity index (χ1n) is 13.8. The quantitative estimate of drug-likeness (QED) is 0.392. The second-order valence-corrected chi connectivity index (χ2v) is 10.6. The van der Waals surface area contributed by atoms with E-state index in [-0.39, 0.29) is 36.0 Å². The zero-order valence-electron chi connectivity index (χ0n) is 22.0. The Labute approximate surface area is 232 Å². The van der Waals surface area contributed by atoms with Crippen molar-refractivity contribution in [3.05, 3.63) is 95.1 Å². The van der Waals surface area contributed by atoms with Gasteiger partial charge in [0.25, 0.3) is 11.8 Å². The molecule has 1 saturated carbocycles. The third-order valence-electron chi connectivity index (χ3n) is 8.20. The van der Waals surface area contributed by atoms with Crippen molar-refractivity contribution in [2.75, 3.05) is 6.61 Å². The number of rotatable bonds is 7. The van der Waals surface area contributed by atoms with Gasteiger partial charge in [-0.3, -0.25) is 9.59 Å². The molecule has 1 N–H and O–H groups in total. The SMILES string of the molecule is O=C(C[C@@H](NC(=O)OCC1c2ccccc2-c2ccccc21)C1CCCCC1)ON1C(=O)c2ccccc2C1=O. The average Bonchev–Trinajstić information content (AvgIpc) is 3.43. The number of nitrogens with zero attached hydrogens (tertiary/aromatic N) is 1. The standard InChI is InChI=1S/C32H30N2O6/c35-29(40-34-30(36)25-16-8-9-17-26(25)31(34)37)18-28(20-10-2-1-3-11-20)33-32(38)39-19-27-23-14-6-4-12-21(23)22-13-5-7-15-24(22)27/h4-9,12-17,20,27-28H,1-3,10-11,18-19H2,(H,33,38)/t28-/m1/s1. The van der Waals surface area contributed by atoms with Gasteiger partial charge in [-0.05, 0) is 53.1 Å². The van der Waals surface area contributed by atoms with Crippen molar-refractivity contribution >= 4 is 23.9 Å². The topological polar surface area (TPSA) is 102 Å². The van der Waals surface area contributed by atoms with E-state index in [0.29, 0.717) is 5.06 Å². The summed E-state index contributed by atoms with van der Waals surface area (Å²) in [6.07, 6.45) is 4.03. The number of hydrogen-bond acceptors (Lipinski definition) is 6. The van der Waals surface area contributed by atoms with Crippen LogP contribution in [0.2, 0.25) is 0 Å². The zero-order valence-corrected chi connectivity index (χ0v) is 22.0. The van der Waals surface area contributed by atoms with Crippen molar-refractivity contribution in [2.45, 2.75) is 50.5 Å². The fourth-order valence-corrected chi connectivity index (χ4v) is 6.23. The first-order chi connectivity index (χ1) is 19.5. The Bertz CT molecular complexity index is 1400. The van der Waals surface area contributed by atoms with E-state index in [9.17, 15) is 19.2 Å². The Morgan fingerprint density at radius 1 is 0.775 bits per heavy atom. The minimum atomic E-state index is -0.760. The molecule has 1 heterocycles. The number of hydrogen-bond donors (Lipinski definition) is 1. The molecule has 204 valence electrons. The summed E-state index contributed by atoms with van der Waals surface area (Å²) >= 11 is 0. The molecule has 2 aliphatic carbocycles. The maximum atomic E-state index is 13.1. The number of alkyl carbamates (subject to hydrolysis) is 1. The Kier molecular flexibility index (Phi) is 7.07. The van der Waals surface area contributed by atoms with Crippen LogP contribution >= 0.6 is 0 Å². The number of carbonyl (C=O) groups excluding carboxylic acids is 4. The molecule has 0 spiro atoms. The van der Waals surface area contributed by atoms with Crippen LogP contribution in [-0.4, -0.2) is 41.6 Å². The highest BCUT2D eigenvalue weighted by Gasteiger charge is 2.39. The number of carbonyl (C=O) groups is 4. The molecule has 0 aromatic heterocycles. The van der Waals surface area contributed by atoms with Gasteiger partial charge in [0, 0.05) is 12.0 Å². The van der Waals surface area contributed by atoms with Gasteiger partial charge in [-0.2, -0.15) is 0 Å². The minimum absolute atomic E-state index is 0.0592. The van der Waals surface area contributed by atoms with Crippen LogP contribution in [0, 0.1) is 5.92 Å². The molecular formula is C32H30N2O6. The van der Waals surface area contributed by atoms with E-state index >= 15 is 0 Å². The smallest absolute Gasteiger partial charge is 0.407 e. The number of hydroxylamine groups is 2. The van der Waals surface area contributed by atoms with Crippen LogP contribution in [0.15, 0.2) is 72.8 Å². The van der Waals surface area contributed by atoms with Crippen LogP contribution < -0.4 is 5.32 Å². The van der Waals surface area contributed by atoms with Gasteiger partial charge in [0.15, 0.2) is 0 Å². The number of ether oxygens (including phenoxy) is 1. The van der Waals surface area contributed by atoms with Crippen LogP contribution in [0.5, 0.6) is 0 Å². The van der Waals surface area contributed by atoms with Crippen molar-refractivity contribution < 1.29 is 28.8 Å². The van der Waals surface area contributed by atoms with Gasteiger partial charge in [-0.25, -0.2) is 9.59 Å².